The van der Waals surface area contributed by atoms with Gasteiger partial charge in [0.1, 0.15) is 0 Å². The number of carbonyl (C=O) groups is 1. The Hall–Kier alpha value is -2.31. The van der Waals surface area contributed by atoms with Crippen molar-refractivity contribution in [3.05, 3.63) is 57.5 Å². The number of benzene rings is 1. The van der Waals surface area contributed by atoms with Crippen LogP contribution in [0.2, 0.25) is 0 Å². The molecule has 0 bridgehead atoms. The summed E-state index contributed by atoms with van der Waals surface area (Å²) in [5, 5.41) is 4.13. The Morgan fingerprint density at radius 3 is 2.74 bits per heavy atom. The van der Waals surface area contributed by atoms with E-state index in [9.17, 15) is 4.79 Å². The van der Waals surface area contributed by atoms with Gasteiger partial charge in [0.15, 0.2) is 0 Å². The zero-order valence-electron chi connectivity index (χ0n) is 15.6. The molecule has 140 valence electrons. The van der Waals surface area contributed by atoms with E-state index in [1.165, 1.54) is 0 Å². The second-order valence-electron chi connectivity index (χ2n) is 7.05. The number of rotatable bonds is 5. The molecule has 6 heteroatoms. The fourth-order valence-electron chi connectivity index (χ4n) is 3.40. The molecule has 0 radical (unpaired) electrons. The summed E-state index contributed by atoms with van der Waals surface area (Å²) in [7, 11) is 0. The Kier molecular flexibility index (Phi) is 5.18. The summed E-state index contributed by atoms with van der Waals surface area (Å²) in [6, 6.07) is 7.66. The highest BCUT2D eigenvalue weighted by Gasteiger charge is 2.24. The summed E-state index contributed by atoms with van der Waals surface area (Å²) in [5.74, 6) is 0.0126. The van der Waals surface area contributed by atoms with E-state index in [1.54, 1.807) is 11.3 Å². The predicted molar refractivity (Wildman–Crippen MR) is 107 cm³/mol. The lowest BCUT2D eigenvalue weighted by Crippen LogP contribution is -2.36. The Bertz CT molecular complexity index is 949. The molecular formula is C21H23N3O2S. The molecule has 5 nitrogen and oxygen atoms in total. The maximum atomic E-state index is 13.3. The van der Waals surface area contributed by atoms with Crippen LogP contribution in [0, 0.1) is 13.8 Å². The van der Waals surface area contributed by atoms with E-state index in [2.05, 4.69) is 21.4 Å². The first kappa shape index (κ1) is 18.1. The van der Waals surface area contributed by atoms with E-state index in [-0.39, 0.29) is 12.0 Å². The topological polar surface area (TPSA) is 55.3 Å². The number of thiophene rings is 1. The second-order valence-corrected chi connectivity index (χ2v) is 7.83. The Balaban J connectivity index is 1.62. The molecule has 1 aliphatic heterocycles. The number of ether oxygens (including phenoxy) is 1. The molecule has 0 N–H and O–H groups in total. The molecule has 1 saturated heterocycles. The minimum atomic E-state index is 0.0126. The molecule has 0 spiro atoms. The van der Waals surface area contributed by atoms with Crippen LogP contribution in [-0.2, 0) is 11.3 Å². The fraction of sp³-hybridized carbons (Fsp3) is 0.381. The Labute approximate surface area is 163 Å². The number of nitrogens with zero attached hydrogens (tertiary/aromatic N) is 3. The number of aryl methyl sites for hydroxylation is 2. The fourth-order valence-corrected chi connectivity index (χ4v) is 4.06. The number of amides is 1. The summed E-state index contributed by atoms with van der Waals surface area (Å²) < 4.78 is 5.77. The summed E-state index contributed by atoms with van der Waals surface area (Å²) >= 11 is 1.65. The van der Waals surface area contributed by atoms with Crippen LogP contribution in [0.5, 0.6) is 0 Å². The maximum Gasteiger partial charge on any atom is 0.254 e. The van der Waals surface area contributed by atoms with Crippen molar-refractivity contribution < 1.29 is 9.53 Å². The Morgan fingerprint density at radius 1 is 1.22 bits per heavy atom. The SMILES string of the molecule is Cc1nc2ccc(C(=O)N(Cc3ccsc3)C[C@H]3CCCO3)cc2nc1C. The summed E-state index contributed by atoms with van der Waals surface area (Å²) in [6.45, 7) is 5.89. The van der Waals surface area contributed by atoms with Crippen LogP contribution in [0.15, 0.2) is 35.0 Å². The van der Waals surface area contributed by atoms with Gasteiger partial charge in [-0.15, -0.1) is 0 Å². The monoisotopic (exact) mass is 381 g/mol. The largest absolute Gasteiger partial charge is 0.376 e. The van der Waals surface area contributed by atoms with Gasteiger partial charge in [-0.05, 0) is 67.3 Å². The molecule has 0 aliphatic carbocycles. The highest BCUT2D eigenvalue weighted by molar-refractivity contribution is 7.07. The van der Waals surface area contributed by atoms with Crippen molar-refractivity contribution in [1.82, 2.24) is 14.9 Å². The first-order valence-corrected chi connectivity index (χ1v) is 10.2. The summed E-state index contributed by atoms with van der Waals surface area (Å²) in [5.41, 5.74) is 5.18. The predicted octanol–water partition coefficient (Wildman–Crippen LogP) is 4.13. The average molecular weight is 382 g/mol. The van der Waals surface area contributed by atoms with Crippen molar-refractivity contribution in [3.63, 3.8) is 0 Å². The second kappa shape index (κ2) is 7.74. The van der Waals surface area contributed by atoms with E-state index < -0.39 is 0 Å². The van der Waals surface area contributed by atoms with Crippen LogP contribution < -0.4 is 0 Å². The molecule has 1 aliphatic rings. The van der Waals surface area contributed by atoms with Crippen molar-refractivity contribution in [2.45, 2.75) is 39.3 Å². The van der Waals surface area contributed by atoms with Gasteiger partial charge in [0.25, 0.3) is 5.91 Å². The third-order valence-corrected chi connectivity index (χ3v) is 5.74. The zero-order chi connectivity index (χ0) is 18.8. The number of carbonyl (C=O) groups excluding carboxylic acids is 1. The van der Waals surface area contributed by atoms with Crippen molar-refractivity contribution in [1.29, 1.82) is 0 Å². The van der Waals surface area contributed by atoms with Gasteiger partial charge in [-0.3, -0.25) is 4.79 Å². The van der Waals surface area contributed by atoms with E-state index in [1.807, 2.05) is 42.3 Å². The van der Waals surface area contributed by atoms with E-state index in [0.29, 0.717) is 18.7 Å². The average Bonchev–Trinajstić information content (AvgIpc) is 3.35. The van der Waals surface area contributed by atoms with E-state index in [4.69, 9.17) is 4.74 Å². The van der Waals surface area contributed by atoms with Crippen LogP contribution in [0.4, 0.5) is 0 Å². The molecule has 1 fully saturated rings. The van der Waals surface area contributed by atoms with Crippen molar-refractivity contribution in [2.24, 2.45) is 0 Å². The Morgan fingerprint density at radius 2 is 2.04 bits per heavy atom. The van der Waals surface area contributed by atoms with E-state index in [0.717, 1.165) is 47.4 Å². The minimum Gasteiger partial charge on any atom is -0.376 e. The van der Waals surface area contributed by atoms with Crippen LogP contribution in [-0.4, -0.2) is 40.0 Å². The third-order valence-electron chi connectivity index (χ3n) is 5.01. The van der Waals surface area contributed by atoms with Gasteiger partial charge in [-0.25, -0.2) is 9.97 Å². The quantitative estimate of drug-likeness (QED) is 0.667. The molecular weight excluding hydrogens is 358 g/mol. The van der Waals surface area contributed by atoms with Gasteiger partial charge in [0, 0.05) is 25.3 Å². The molecule has 0 unspecified atom stereocenters. The van der Waals surface area contributed by atoms with Gasteiger partial charge in [0.2, 0.25) is 0 Å². The lowest BCUT2D eigenvalue weighted by Gasteiger charge is -2.25. The first-order chi connectivity index (χ1) is 13.1. The lowest BCUT2D eigenvalue weighted by atomic mass is 10.1. The van der Waals surface area contributed by atoms with Gasteiger partial charge in [0.05, 0.1) is 28.5 Å². The molecule has 3 aromatic rings. The molecule has 27 heavy (non-hydrogen) atoms. The lowest BCUT2D eigenvalue weighted by molar-refractivity contribution is 0.0507. The normalized spacial score (nSPS) is 16.7. The first-order valence-electron chi connectivity index (χ1n) is 9.27. The standard InChI is InChI=1S/C21H23N3O2S/c1-14-15(2)23-20-10-17(5-6-19(20)22-14)21(25)24(11-16-7-9-27-13-16)12-18-4-3-8-26-18/h5-7,9-10,13,18H,3-4,8,11-12H2,1-2H3/t18-/m1/s1. The summed E-state index contributed by atoms with van der Waals surface area (Å²) in [4.78, 5) is 24.3. The smallest absolute Gasteiger partial charge is 0.254 e. The van der Waals surface area contributed by atoms with Crippen LogP contribution in [0.25, 0.3) is 11.0 Å². The summed E-state index contributed by atoms with van der Waals surface area (Å²) in [6.07, 6.45) is 2.20. The molecule has 3 heterocycles. The van der Waals surface area contributed by atoms with Crippen molar-refractivity contribution in [2.75, 3.05) is 13.2 Å². The van der Waals surface area contributed by atoms with Crippen LogP contribution in [0.1, 0.15) is 40.2 Å². The highest BCUT2D eigenvalue weighted by Crippen LogP contribution is 2.20. The molecule has 1 atom stereocenters. The molecule has 2 aromatic heterocycles. The van der Waals surface area contributed by atoms with Gasteiger partial charge >= 0.3 is 0 Å². The van der Waals surface area contributed by atoms with Gasteiger partial charge in [-0.2, -0.15) is 11.3 Å². The maximum absolute atomic E-state index is 13.3. The molecule has 1 amide bonds. The van der Waals surface area contributed by atoms with Crippen LogP contribution in [0.3, 0.4) is 0 Å². The van der Waals surface area contributed by atoms with Crippen molar-refractivity contribution >= 4 is 28.3 Å². The molecule has 0 saturated carbocycles. The molecule has 4 rings (SSSR count). The minimum absolute atomic E-state index is 0.0126. The van der Waals surface area contributed by atoms with Crippen molar-refractivity contribution in [3.8, 4) is 0 Å². The zero-order valence-corrected chi connectivity index (χ0v) is 16.5. The van der Waals surface area contributed by atoms with Crippen LogP contribution >= 0.6 is 11.3 Å². The van der Waals surface area contributed by atoms with Gasteiger partial charge in [-0.1, -0.05) is 0 Å². The third kappa shape index (κ3) is 4.01. The number of hydrogen-bond donors (Lipinski definition) is 0. The number of fused-ring (bicyclic) bond motifs is 1. The number of hydrogen-bond acceptors (Lipinski definition) is 5. The van der Waals surface area contributed by atoms with E-state index >= 15 is 0 Å². The number of aromatic nitrogens is 2. The highest BCUT2D eigenvalue weighted by atomic mass is 32.1. The van der Waals surface area contributed by atoms with Gasteiger partial charge < -0.3 is 9.64 Å². The molecule has 1 aromatic carbocycles.